The van der Waals surface area contributed by atoms with Crippen LogP contribution in [-0.4, -0.2) is 18.1 Å². The van der Waals surface area contributed by atoms with Crippen molar-refractivity contribution in [3.63, 3.8) is 0 Å². The first-order valence-corrected chi connectivity index (χ1v) is 7.79. The second kappa shape index (κ2) is 6.94. The van der Waals surface area contributed by atoms with Gasteiger partial charge in [-0.2, -0.15) is 0 Å². The van der Waals surface area contributed by atoms with E-state index in [-0.39, 0.29) is 24.0 Å². The van der Waals surface area contributed by atoms with Crippen molar-refractivity contribution in [2.75, 3.05) is 5.32 Å². The second-order valence-electron chi connectivity index (χ2n) is 6.26. The van der Waals surface area contributed by atoms with E-state index in [1.807, 2.05) is 39.0 Å². The Kier molecular flexibility index (Phi) is 5.23. The molecule has 1 amide bonds. The first-order valence-electron chi connectivity index (χ1n) is 7.79. The van der Waals surface area contributed by atoms with E-state index < -0.39 is 0 Å². The van der Waals surface area contributed by atoms with Crippen LogP contribution in [0.3, 0.4) is 0 Å². The van der Waals surface area contributed by atoms with E-state index >= 15 is 0 Å². The Morgan fingerprint density at radius 1 is 1.38 bits per heavy atom. The Bertz CT molecular complexity index is 500. The van der Waals surface area contributed by atoms with Crippen molar-refractivity contribution in [1.82, 2.24) is 0 Å². The summed E-state index contributed by atoms with van der Waals surface area (Å²) in [4.78, 5) is 12.3. The smallest absolute Gasteiger partial charge is 0.227 e. The van der Waals surface area contributed by atoms with E-state index in [9.17, 15) is 4.79 Å². The number of nitrogens with one attached hydrogen (secondary N) is 1. The van der Waals surface area contributed by atoms with Crippen LogP contribution in [0.4, 0.5) is 5.69 Å². The van der Waals surface area contributed by atoms with Crippen LogP contribution >= 0.6 is 0 Å². The van der Waals surface area contributed by atoms with Crippen LogP contribution in [0.15, 0.2) is 18.2 Å². The van der Waals surface area contributed by atoms with Gasteiger partial charge in [0.25, 0.3) is 0 Å². The maximum absolute atomic E-state index is 12.3. The lowest BCUT2D eigenvalue weighted by Gasteiger charge is -2.25. The summed E-state index contributed by atoms with van der Waals surface area (Å²) in [5, 5.41) is 3.00. The van der Waals surface area contributed by atoms with Gasteiger partial charge in [0, 0.05) is 17.6 Å². The fourth-order valence-corrected chi connectivity index (χ4v) is 2.82. The maximum Gasteiger partial charge on any atom is 0.227 e. The van der Waals surface area contributed by atoms with Gasteiger partial charge in [-0.15, -0.1) is 0 Å². The molecule has 4 heteroatoms. The Hall–Kier alpha value is -1.55. The number of aryl methyl sites for hydroxylation is 1. The highest BCUT2D eigenvalue weighted by atomic mass is 16.5. The fraction of sp³-hybridized carbons (Fsp3) is 0.588. The van der Waals surface area contributed by atoms with Gasteiger partial charge in [-0.25, -0.2) is 0 Å². The molecule has 1 aliphatic carbocycles. The summed E-state index contributed by atoms with van der Waals surface area (Å²) in [6, 6.07) is 5.93. The molecule has 2 unspecified atom stereocenters. The number of hydrogen-bond acceptors (Lipinski definition) is 3. The summed E-state index contributed by atoms with van der Waals surface area (Å²) in [7, 11) is 0. The van der Waals surface area contributed by atoms with Gasteiger partial charge in [-0.1, -0.05) is 6.42 Å². The molecule has 0 aliphatic heterocycles. The average molecular weight is 290 g/mol. The van der Waals surface area contributed by atoms with Crippen molar-refractivity contribution < 1.29 is 9.53 Å². The molecule has 4 nitrogen and oxygen atoms in total. The third-order valence-corrected chi connectivity index (χ3v) is 3.89. The summed E-state index contributed by atoms with van der Waals surface area (Å²) in [6.45, 7) is 5.99. The standard InChI is InChI=1S/C17H26N2O2/c1-11(2)21-16-8-7-15(9-12(16)3)19-17(20)13-5-4-6-14(18)10-13/h7-9,11,13-14H,4-6,10,18H2,1-3H3,(H,19,20). The van der Waals surface area contributed by atoms with Gasteiger partial charge in [0.1, 0.15) is 5.75 Å². The molecular formula is C17H26N2O2. The molecule has 0 bridgehead atoms. The third-order valence-electron chi connectivity index (χ3n) is 3.89. The highest BCUT2D eigenvalue weighted by molar-refractivity contribution is 5.92. The van der Waals surface area contributed by atoms with E-state index in [1.54, 1.807) is 0 Å². The van der Waals surface area contributed by atoms with E-state index in [0.29, 0.717) is 0 Å². The van der Waals surface area contributed by atoms with Crippen molar-refractivity contribution in [2.24, 2.45) is 11.7 Å². The SMILES string of the molecule is Cc1cc(NC(=O)C2CCCC(N)C2)ccc1OC(C)C. The Balaban J connectivity index is 1.99. The zero-order valence-corrected chi connectivity index (χ0v) is 13.2. The Morgan fingerprint density at radius 2 is 2.14 bits per heavy atom. The lowest BCUT2D eigenvalue weighted by atomic mass is 9.85. The number of rotatable bonds is 4. The number of amides is 1. The summed E-state index contributed by atoms with van der Waals surface area (Å²) in [5.41, 5.74) is 7.81. The Labute approximate surface area is 127 Å². The molecule has 0 aromatic heterocycles. The first-order chi connectivity index (χ1) is 9.95. The molecule has 2 atom stereocenters. The Morgan fingerprint density at radius 3 is 2.76 bits per heavy atom. The minimum absolute atomic E-state index is 0.0423. The van der Waals surface area contributed by atoms with Gasteiger partial charge in [-0.3, -0.25) is 4.79 Å². The van der Waals surface area contributed by atoms with Crippen molar-refractivity contribution in [2.45, 2.75) is 58.6 Å². The second-order valence-corrected chi connectivity index (χ2v) is 6.26. The highest BCUT2D eigenvalue weighted by Gasteiger charge is 2.25. The maximum atomic E-state index is 12.3. The molecule has 1 aromatic rings. The highest BCUT2D eigenvalue weighted by Crippen LogP contribution is 2.26. The van der Waals surface area contributed by atoms with Crippen LogP contribution in [-0.2, 0) is 4.79 Å². The van der Waals surface area contributed by atoms with E-state index in [1.165, 1.54) is 0 Å². The normalized spacial score (nSPS) is 22.1. The minimum atomic E-state index is 0.0423. The summed E-state index contributed by atoms with van der Waals surface area (Å²) < 4.78 is 5.71. The van der Waals surface area contributed by atoms with Crippen LogP contribution in [0.1, 0.15) is 45.1 Å². The number of carbonyl (C=O) groups is 1. The van der Waals surface area contributed by atoms with Gasteiger partial charge in [0.05, 0.1) is 6.10 Å². The van der Waals surface area contributed by atoms with Crippen molar-refractivity contribution in [3.05, 3.63) is 23.8 Å². The van der Waals surface area contributed by atoms with Crippen molar-refractivity contribution >= 4 is 11.6 Å². The topological polar surface area (TPSA) is 64.4 Å². The van der Waals surface area contributed by atoms with Crippen molar-refractivity contribution in [1.29, 1.82) is 0 Å². The van der Waals surface area contributed by atoms with Gasteiger partial charge >= 0.3 is 0 Å². The van der Waals surface area contributed by atoms with Crippen LogP contribution < -0.4 is 15.8 Å². The van der Waals surface area contributed by atoms with Crippen LogP contribution in [0.25, 0.3) is 0 Å². The lowest BCUT2D eigenvalue weighted by Crippen LogP contribution is -2.34. The molecule has 2 rings (SSSR count). The molecule has 0 spiro atoms. The number of hydrogen-bond donors (Lipinski definition) is 2. The molecule has 1 aromatic carbocycles. The number of anilines is 1. The molecule has 1 saturated carbocycles. The lowest BCUT2D eigenvalue weighted by molar-refractivity contribution is -0.120. The van der Waals surface area contributed by atoms with E-state index in [2.05, 4.69) is 5.32 Å². The van der Waals surface area contributed by atoms with Gasteiger partial charge in [-0.05, 0) is 63.8 Å². The predicted octanol–water partition coefficient (Wildman–Crippen LogP) is 3.24. The van der Waals surface area contributed by atoms with E-state index in [0.717, 1.165) is 42.7 Å². The van der Waals surface area contributed by atoms with Gasteiger partial charge in [0.15, 0.2) is 0 Å². The molecule has 3 N–H and O–H groups in total. The number of carbonyl (C=O) groups excluding carboxylic acids is 1. The monoisotopic (exact) mass is 290 g/mol. The number of benzene rings is 1. The number of nitrogens with two attached hydrogens (primary N) is 1. The molecule has 116 valence electrons. The fourth-order valence-electron chi connectivity index (χ4n) is 2.82. The van der Waals surface area contributed by atoms with Gasteiger partial charge < -0.3 is 15.8 Å². The van der Waals surface area contributed by atoms with E-state index in [4.69, 9.17) is 10.5 Å². The zero-order valence-electron chi connectivity index (χ0n) is 13.2. The molecule has 1 aliphatic rings. The summed E-state index contributed by atoms with van der Waals surface area (Å²) in [6.07, 6.45) is 3.95. The predicted molar refractivity (Wildman–Crippen MR) is 85.5 cm³/mol. The van der Waals surface area contributed by atoms with Crippen LogP contribution in [0.2, 0.25) is 0 Å². The minimum Gasteiger partial charge on any atom is -0.491 e. The average Bonchev–Trinajstić information content (AvgIpc) is 2.41. The van der Waals surface area contributed by atoms with Crippen LogP contribution in [0, 0.1) is 12.8 Å². The molecule has 0 heterocycles. The molecular weight excluding hydrogens is 264 g/mol. The zero-order chi connectivity index (χ0) is 15.4. The molecule has 1 fully saturated rings. The number of ether oxygens (including phenoxy) is 1. The summed E-state index contributed by atoms with van der Waals surface area (Å²) >= 11 is 0. The first kappa shape index (κ1) is 15.8. The molecule has 0 saturated heterocycles. The third kappa shape index (κ3) is 4.46. The quantitative estimate of drug-likeness (QED) is 0.894. The van der Waals surface area contributed by atoms with Crippen LogP contribution in [0.5, 0.6) is 5.75 Å². The van der Waals surface area contributed by atoms with Crippen molar-refractivity contribution in [3.8, 4) is 5.75 Å². The molecule has 0 radical (unpaired) electrons. The summed E-state index contributed by atoms with van der Waals surface area (Å²) in [5.74, 6) is 0.991. The molecule has 21 heavy (non-hydrogen) atoms. The van der Waals surface area contributed by atoms with Gasteiger partial charge in [0.2, 0.25) is 5.91 Å². The largest absolute Gasteiger partial charge is 0.491 e.